The third kappa shape index (κ3) is 4.04. The van der Waals surface area contributed by atoms with Crippen LogP contribution in [0.1, 0.15) is 21.6 Å². The monoisotopic (exact) mass is 442 g/mol. The Morgan fingerprint density at radius 3 is 2.34 bits per heavy atom. The molecular weight excluding hydrogens is 424 g/mol. The number of hydrogen-bond donors (Lipinski definition) is 0. The molecule has 1 fully saturated rings. The van der Waals surface area contributed by atoms with Crippen LogP contribution < -0.4 is 4.90 Å². The number of nitrogens with zero attached hydrogens (tertiary/aromatic N) is 4. The average Bonchev–Trinajstić information content (AvgIpc) is 3.22. The summed E-state index contributed by atoms with van der Waals surface area (Å²) in [6.07, 6.45) is -2.96. The molecule has 164 valence electrons. The molecule has 0 atom stereocenters. The molecule has 1 saturated heterocycles. The van der Waals surface area contributed by atoms with Gasteiger partial charge in [0.2, 0.25) is 0 Å². The van der Waals surface area contributed by atoms with Crippen molar-refractivity contribution in [1.29, 1.82) is 5.26 Å². The van der Waals surface area contributed by atoms with E-state index in [0.29, 0.717) is 18.8 Å². The average molecular weight is 442 g/mol. The summed E-state index contributed by atoms with van der Waals surface area (Å²) in [6.45, 7) is 1.16. The van der Waals surface area contributed by atoms with Crippen LogP contribution in [-0.2, 0) is 6.18 Å². The van der Waals surface area contributed by atoms with E-state index in [2.05, 4.69) is 0 Å². The molecule has 1 aliphatic heterocycles. The van der Waals surface area contributed by atoms with Crippen molar-refractivity contribution >= 4 is 11.6 Å². The van der Waals surface area contributed by atoms with Crippen LogP contribution in [0.25, 0.3) is 5.69 Å². The first-order valence-corrected chi connectivity index (χ1v) is 9.87. The molecule has 0 bridgehead atoms. The molecule has 3 aromatic rings. The number of para-hydroxylation sites is 1. The summed E-state index contributed by atoms with van der Waals surface area (Å²) < 4.78 is 54.7. The Morgan fingerprint density at radius 1 is 0.969 bits per heavy atom. The second-order valence-corrected chi connectivity index (χ2v) is 7.34. The second-order valence-electron chi connectivity index (χ2n) is 7.34. The number of halogens is 4. The van der Waals surface area contributed by atoms with Crippen molar-refractivity contribution in [3.05, 3.63) is 83.4 Å². The molecule has 5 nitrogen and oxygen atoms in total. The fraction of sp³-hybridized carbons (Fsp3) is 0.217. The zero-order chi connectivity index (χ0) is 22.9. The highest BCUT2D eigenvalue weighted by Crippen LogP contribution is 2.32. The maximum absolute atomic E-state index is 14.3. The molecule has 2 heterocycles. The van der Waals surface area contributed by atoms with Crippen LogP contribution in [0.3, 0.4) is 0 Å². The van der Waals surface area contributed by atoms with Crippen LogP contribution in [0, 0.1) is 17.1 Å². The maximum atomic E-state index is 14.3. The fourth-order valence-electron chi connectivity index (χ4n) is 3.79. The van der Waals surface area contributed by atoms with Crippen LogP contribution in [0.5, 0.6) is 0 Å². The summed E-state index contributed by atoms with van der Waals surface area (Å²) in [7, 11) is 0. The molecule has 1 aromatic heterocycles. The molecule has 0 N–H and O–H groups in total. The van der Waals surface area contributed by atoms with Crippen molar-refractivity contribution in [1.82, 2.24) is 9.47 Å². The molecule has 0 spiro atoms. The van der Waals surface area contributed by atoms with Crippen LogP contribution in [-0.4, -0.2) is 41.6 Å². The zero-order valence-electron chi connectivity index (χ0n) is 16.8. The standard InChI is InChI=1S/C23H18F4N4O/c24-19-6-1-2-7-20(19)31-9-8-16(15-28)21(31)22(32)30-12-10-29(11-13-30)18-5-3-4-17(14-18)23(25,26)27/h1-9,14H,10-13H2. The van der Waals surface area contributed by atoms with E-state index in [4.69, 9.17) is 0 Å². The summed E-state index contributed by atoms with van der Waals surface area (Å²) >= 11 is 0. The number of aromatic nitrogens is 1. The van der Waals surface area contributed by atoms with Gasteiger partial charge in [-0.25, -0.2) is 4.39 Å². The van der Waals surface area contributed by atoms with E-state index in [9.17, 15) is 27.6 Å². The van der Waals surface area contributed by atoms with E-state index in [1.807, 2.05) is 6.07 Å². The molecule has 4 rings (SSSR count). The molecule has 1 aliphatic rings. The lowest BCUT2D eigenvalue weighted by Gasteiger charge is -2.36. The van der Waals surface area contributed by atoms with E-state index in [-0.39, 0.29) is 30.0 Å². The van der Waals surface area contributed by atoms with Gasteiger partial charge < -0.3 is 14.4 Å². The van der Waals surface area contributed by atoms with Crippen LogP contribution in [0.2, 0.25) is 0 Å². The fourth-order valence-corrected chi connectivity index (χ4v) is 3.79. The number of nitriles is 1. The summed E-state index contributed by atoms with van der Waals surface area (Å²) in [5.41, 5.74) is 0.0397. The van der Waals surface area contributed by atoms with Crippen molar-refractivity contribution in [3.63, 3.8) is 0 Å². The Hall–Kier alpha value is -3.80. The van der Waals surface area contributed by atoms with E-state index in [1.54, 1.807) is 17.0 Å². The van der Waals surface area contributed by atoms with Crippen LogP contribution >= 0.6 is 0 Å². The van der Waals surface area contributed by atoms with Crippen molar-refractivity contribution < 1.29 is 22.4 Å². The molecule has 0 unspecified atom stereocenters. The Bertz CT molecular complexity index is 1190. The lowest BCUT2D eigenvalue weighted by Crippen LogP contribution is -2.49. The normalized spacial score (nSPS) is 14.3. The van der Waals surface area contributed by atoms with Gasteiger partial charge in [0.15, 0.2) is 0 Å². The van der Waals surface area contributed by atoms with E-state index in [0.717, 1.165) is 12.1 Å². The smallest absolute Gasteiger partial charge is 0.368 e. The molecule has 0 radical (unpaired) electrons. The van der Waals surface area contributed by atoms with Crippen molar-refractivity contribution in [2.75, 3.05) is 31.1 Å². The Balaban J connectivity index is 1.55. The highest BCUT2D eigenvalue weighted by Gasteiger charge is 2.32. The van der Waals surface area contributed by atoms with Crippen LogP contribution in [0.15, 0.2) is 60.8 Å². The quantitative estimate of drug-likeness (QED) is 0.563. The zero-order valence-corrected chi connectivity index (χ0v) is 16.8. The van der Waals surface area contributed by atoms with Crippen molar-refractivity contribution in [3.8, 4) is 11.8 Å². The lowest BCUT2D eigenvalue weighted by molar-refractivity contribution is -0.137. The van der Waals surface area contributed by atoms with Gasteiger partial charge >= 0.3 is 6.18 Å². The number of carbonyl (C=O) groups is 1. The third-order valence-corrected chi connectivity index (χ3v) is 5.43. The minimum absolute atomic E-state index is 0.0603. The number of rotatable bonds is 3. The van der Waals surface area contributed by atoms with Gasteiger partial charge in [-0.1, -0.05) is 18.2 Å². The maximum Gasteiger partial charge on any atom is 0.416 e. The minimum Gasteiger partial charge on any atom is -0.368 e. The molecule has 9 heteroatoms. The van der Waals surface area contributed by atoms with E-state index >= 15 is 0 Å². The number of anilines is 1. The minimum atomic E-state index is -4.43. The van der Waals surface area contributed by atoms with Gasteiger partial charge in [-0.2, -0.15) is 18.4 Å². The molecule has 32 heavy (non-hydrogen) atoms. The number of benzene rings is 2. The highest BCUT2D eigenvalue weighted by atomic mass is 19.4. The SMILES string of the molecule is N#Cc1ccn(-c2ccccc2F)c1C(=O)N1CCN(c2cccc(C(F)(F)F)c2)CC1. The number of piperazine rings is 1. The lowest BCUT2D eigenvalue weighted by atomic mass is 10.1. The summed E-state index contributed by atoms with van der Waals surface area (Å²) in [5, 5.41) is 9.45. The molecule has 2 aromatic carbocycles. The predicted octanol–water partition coefficient (Wildman–Crippen LogP) is 4.47. The predicted molar refractivity (Wildman–Crippen MR) is 110 cm³/mol. The largest absolute Gasteiger partial charge is 0.416 e. The van der Waals surface area contributed by atoms with Gasteiger partial charge in [-0.3, -0.25) is 4.79 Å². The van der Waals surface area contributed by atoms with Gasteiger partial charge in [0, 0.05) is 38.1 Å². The number of hydrogen-bond acceptors (Lipinski definition) is 3. The number of alkyl halides is 3. The number of carbonyl (C=O) groups excluding carboxylic acids is 1. The first kappa shape index (κ1) is 21.4. The van der Waals surface area contributed by atoms with E-state index < -0.39 is 23.5 Å². The first-order valence-electron chi connectivity index (χ1n) is 9.87. The van der Waals surface area contributed by atoms with Gasteiger partial charge in [-0.05, 0) is 36.4 Å². The Kier molecular flexibility index (Phi) is 5.61. The van der Waals surface area contributed by atoms with Gasteiger partial charge in [0.25, 0.3) is 5.91 Å². The third-order valence-electron chi connectivity index (χ3n) is 5.43. The van der Waals surface area contributed by atoms with Crippen molar-refractivity contribution in [2.24, 2.45) is 0 Å². The Morgan fingerprint density at radius 2 is 1.69 bits per heavy atom. The molecule has 0 aliphatic carbocycles. The van der Waals surface area contributed by atoms with Gasteiger partial charge in [0.1, 0.15) is 17.6 Å². The molecular formula is C23H18F4N4O. The van der Waals surface area contributed by atoms with Gasteiger partial charge in [0.05, 0.1) is 16.8 Å². The molecule has 1 amide bonds. The first-order chi connectivity index (χ1) is 15.3. The van der Waals surface area contributed by atoms with Crippen LogP contribution in [0.4, 0.5) is 23.2 Å². The van der Waals surface area contributed by atoms with E-state index in [1.165, 1.54) is 46.0 Å². The second kappa shape index (κ2) is 8.38. The highest BCUT2D eigenvalue weighted by molar-refractivity contribution is 5.96. The number of amides is 1. The summed E-state index contributed by atoms with van der Waals surface area (Å²) in [4.78, 5) is 16.5. The van der Waals surface area contributed by atoms with Crippen molar-refractivity contribution in [2.45, 2.75) is 6.18 Å². The Labute approximate surface area is 181 Å². The topological polar surface area (TPSA) is 52.3 Å². The molecule has 0 saturated carbocycles. The summed E-state index contributed by atoms with van der Waals surface area (Å²) in [5.74, 6) is -0.963. The summed E-state index contributed by atoms with van der Waals surface area (Å²) in [6, 6.07) is 14.4. The van der Waals surface area contributed by atoms with Gasteiger partial charge in [-0.15, -0.1) is 0 Å².